The number of ketones is 1. The van der Waals surface area contributed by atoms with Gasteiger partial charge in [-0.2, -0.15) is 0 Å². The third-order valence-electron chi connectivity index (χ3n) is 7.64. The number of halogens is 2. The van der Waals surface area contributed by atoms with Crippen LogP contribution >= 0.6 is 27.5 Å². The summed E-state index contributed by atoms with van der Waals surface area (Å²) in [5.74, 6) is -1.57. The van der Waals surface area contributed by atoms with E-state index >= 15 is 0 Å². The Morgan fingerprint density at radius 2 is 2.06 bits per heavy atom. The van der Waals surface area contributed by atoms with Crippen LogP contribution in [0.15, 0.2) is 39.1 Å². The lowest BCUT2D eigenvalue weighted by molar-refractivity contribution is -0.166. The number of rotatable bonds is 1. The van der Waals surface area contributed by atoms with Gasteiger partial charge in [-0.05, 0) is 65.9 Å². The molecule has 0 radical (unpaired) electrons. The number of anilines is 1. The number of benzene rings is 1. The van der Waals surface area contributed by atoms with Crippen molar-refractivity contribution in [1.29, 1.82) is 0 Å². The molecule has 2 aliphatic carbocycles. The van der Waals surface area contributed by atoms with E-state index in [0.717, 1.165) is 0 Å². The highest BCUT2D eigenvalue weighted by molar-refractivity contribution is 9.10. The molecule has 4 aliphatic rings. The summed E-state index contributed by atoms with van der Waals surface area (Å²) in [5, 5.41) is 32.3. The molecule has 3 unspecified atom stereocenters. The number of hydrogen-bond donors (Lipinski definition) is 2. The van der Waals surface area contributed by atoms with Crippen molar-refractivity contribution in [1.82, 2.24) is 0 Å². The first kappa shape index (κ1) is 20.9. The summed E-state index contributed by atoms with van der Waals surface area (Å²) in [7, 11) is 0. The Labute approximate surface area is 192 Å². The highest BCUT2D eigenvalue weighted by atomic mass is 79.9. The van der Waals surface area contributed by atoms with E-state index in [1.807, 2.05) is 6.92 Å². The molecular formula is C21H21BrClN3O5. The van der Waals surface area contributed by atoms with Gasteiger partial charge in [0.2, 0.25) is 5.54 Å². The Kier molecular flexibility index (Phi) is 4.40. The number of hydrogen-bond acceptors (Lipinski definition) is 8. The lowest BCUT2D eigenvalue weighted by Crippen LogP contribution is -2.57. The molecule has 2 heterocycles. The van der Waals surface area contributed by atoms with Gasteiger partial charge in [0, 0.05) is 10.9 Å². The SMILES string of the molecule is C[C@H]1CCC2C(OC(=O)C23CN(c2cc(Cl)cc(Br)c2O)N=N3)[C@]2(C)C(=O)C=C[C@@]12O. The molecule has 0 bridgehead atoms. The Balaban J connectivity index is 1.55. The maximum atomic E-state index is 13.2. The van der Waals surface area contributed by atoms with Crippen molar-refractivity contribution in [3.63, 3.8) is 0 Å². The molecule has 2 aliphatic heterocycles. The fourth-order valence-electron chi connectivity index (χ4n) is 5.66. The van der Waals surface area contributed by atoms with Crippen LogP contribution in [0.25, 0.3) is 0 Å². The first-order valence-electron chi connectivity index (χ1n) is 10.1. The summed E-state index contributed by atoms with van der Waals surface area (Å²) < 4.78 is 6.20. The number of aliphatic hydroxyl groups is 1. The monoisotopic (exact) mass is 509 g/mol. The first-order valence-corrected chi connectivity index (χ1v) is 11.3. The van der Waals surface area contributed by atoms with Crippen molar-refractivity contribution in [2.75, 3.05) is 11.6 Å². The Morgan fingerprint density at radius 1 is 1.32 bits per heavy atom. The number of nitrogens with zero attached hydrogens (tertiary/aromatic N) is 3. The number of aromatic hydroxyl groups is 1. The van der Waals surface area contributed by atoms with Gasteiger partial charge in [-0.25, -0.2) is 9.80 Å². The minimum absolute atomic E-state index is 0.0395. The van der Waals surface area contributed by atoms with Crippen LogP contribution in [0.1, 0.15) is 26.7 Å². The molecule has 6 atom stereocenters. The van der Waals surface area contributed by atoms with Gasteiger partial charge in [-0.1, -0.05) is 23.7 Å². The molecular weight excluding hydrogens is 490 g/mol. The van der Waals surface area contributed by atoms with E-state index < -0.39 is 34.5 Å². The van der Waals surface area contributed by atoms with Gasteiger partial charge in [0.15, 0.2) is 11.5 Å². The van der Waals surface area contributed by atoms with Crippen LogP contribution in [0, 0.1) is 17.3 Å². The van der Waals surface area contributed by atoms with Crippen LogP contribution in [0.2, 0.25) is 5.02 Å². The van der Waals surface area contributed by atoms with Crippen LogP contribution in [0.4, 0.5) is 5.69 Å². The third kappa shape index (κ3) is 2.51. The third-order valence-corrected chi connectivity index (χ3v) is 8.46. The minimum Gasteiger partial charge on any atom is -0.505 e. The number of ether oxygens (including phenoxy) is 1. The molecule has 0 amide bonds. The van der Waals surface area contributed by atoms with E-state index in [1.54, 1.807) is 19.1 Å². The number of fused-ring (bicyclic) bond motifs is 4. The normalized spacial score (nSPS) is 40.9. The average molecular weight is 511 g/mol. The number of carbonyl (C=O) groups is 2. The van der Waals surface area contributed by atoms with Crippen molar-refractivity contribution in [2.45, 2.75) is 43.9 Å². The molecule has 1 spiro atoms. The summed E-state index contributed by atoms with van der Waals surface area (Å²) >= 11 is 9.39. The van der Waals surface area contributed by atoms with Crippen molar-refractivity contribution >= 4 is 45.0 Å². The quantitative estimate of drug-likeness (QED) is 0.559. The smallest absolute Gasteiger partial charge is 0.338 e. The lowest BCUT2D eigenvalue weighted by Gasteiger charge is -2.43. The maximum Gasteiger partial charge on any atom is 0.338 e. The minimum atomic E-state index is -1.40. The second-order valence-corrected chi connectivity index (χ2v) is 10.4. The molecule has 0 aromatic heterocycles. The van der Waals surface area contributed by atoms with Crippen LogP contribution in [-0.2, 0) is 14.3 Å². The van der Waals surface area contributed by atoms with Crippen LogP contribution < -0.4 is 5.01 Å². The van der Waals surface area contributed by atoms with E-state index in [1.165, 1.54) is 17.2 Å². The van der Waals surface area contributed by atoms with E-state index in [2.05, 4.69) is 26.3 Å². The fourth-order valence-corrected chi connectivity index (χ4v) is 6.45. The predicted molar refractivity (Wildman–Crippen MR) is 115 cm³/mol. The molecule has 1 saturated carbocycles. The summed E-state index contributed by atoms with van der Waals surface area (Å²) in [4.78, 5) is 26.1. The second kappa shape index (κ2) is 6.52. The number of allylic oxidation sites excluding steroid dienone is 1. The van der Waals surface area contributed by atoms with Gasteiger partial charge in [-0.15, -0.1) is 5.11 Å². The van der Waals surface area contributed by atoms with Gasteiger partial charge >= 0.3 is 5.97 Å². The fraction of sp³-hybridized carbons (Fsp3) is 0.524. The molecule has 10 heteroatoms. The second-order valence-electron chi connectivity index (χ2n) is 9.06. The highest BCUT2D eigenvalue weighted by Gasteiger charge is 2.72. The van der Waals surface area contributed by atoms with Gasteiger partial charge in [0.05, 0.1) is 16.4 Å². The van der Waals surface area contributed by atoms with Gasteiger partial charge in [0.25, 0.3) is 0 Å². The molecule has 5 rings (SSSR count). The topological polar surface area (TPSA) is 112 Å². The summed E-state index contributed by atoms with van der Waals surface area (Å²) in [5.41, 5.74) is -3.72. The van der Waals surface area contributed by atoms with Crippen molar-refractivity contribution in [2.24, 2.45) is 27.6 Å². The molecule has 2 N–H and O–H groups in total. The number of phenols is 1. The van der Waals surface area contributed by atoms with Crippen molar-refractivity contribution in [3.8, 4) is 5.75 Å². The van der Waals surface area contributed by atoms with Gasteiger partial charge < -0.3 is 14.9 Å². The number of phenolic OH excluding ortho intramolecular Hbond substituents is 1. The van der Waals surface area contributed by atoms with E-state index in [4.69, 9.17) is 16.3 Å². The summed E-state index contributed by atoms with van der Waals surface area (Å²) in [6, 6.07) is 3.09. The van der Waals surface area contributed by atoms with Crippen molar-refractivity contribution in [3.05, 3.63) is 33.8 Å². The van der Waals surface area contributed by atoms with Crippen LogP contribution in [-0.4, -0.2) is 45.8 Å². The standard InChI is InChI=1S/C21H21BrClN3O5/c1-10-3-4-12-17(19(2)15(27)5-6-21(10,19)30)31-18(29)20(12)9-26(25-24-20)14-8-11(23)7-13(22)16(14)28/h5-8,10,12,17,28,30H,3-4,9H2,1-2H3/t10-,12?,17?,19-,20?,21+/m0/s1. The van der Waals surface area contributed by atoms with E-state index in [9.17, 15) is 19.8 Å². The maximum absolute atomic E-state index is 13.2. The lowest BCUT2D eigenvalue weighted by atomic mass is 9.63. The number of esters is 1. The zero-order chi connectivity index (χ0) is 22.3. The van der Waals surface area contributed by atoms with E-state index in [0.29, 0.717) is 28.0 Å². The van der Waals surface area contributed by atoms with E-state index in [-0.39, 0.29) is 24.0 Å². The molecule has 1 saturated heterocycles. The van der Waals surface area contributed by atoms with Crippen LogP contribution in [0.5, 0.6) is 5.75 Å². The van der Waals surface area contributed by atoms with Crippen LogP contribution in [0.3, 0.4) is 0 Å². The zero-order valence-electron chi connectivity index (χ0n) is 16.9. The Morgan fingerprint density at radius 3 is 2.81 bits per heavy atom. The Hall–Kier alpha value is -1.97. The number of carbonyl (C=O) groups excluding carboxylic acids is 2. The average Bonchev–Trinajstić information content (AvgIpc) is 3.33. The molecule has 1 aromatic carbocycles. The highest BCUT2D eigenvalue weighted by Crippen LogP contribution is 2.59. The molecule has 31 heavy (non-hydrogen) atoms. The largest absolute Gasteiger partial charge is 0.505 e. The van der Waals surface area contributed by atoms with Gasteiger partial charge in [0.1, 0.15) is 17.4 Å². The molecule has 8 nitrogen and oxygen atoms in total. The predicted octanol–water partition coefficient (Wildman–Crippen LogP) is 3.58. The molecule has 2 fully saturated rings. The molecule has 1 aromatic rings. The summed E-state index contributed by atoms with van der Waals surface area (Å²) in [6.07, 6.45) is 3.23. The van der Waals surface area contributed by atoms with Crippen molar-refractivity contribution < 1.29 is 24.5 Å². The Bertz CT molecular complexity index is 1080. The first-order chi connectivity index (χ1) is 14.5. The zero-order valence-corrected chi connectivity index (χ0v) is 19.2. The van der Waals surface area contributed by atoms with Gasteiger partial charge in [-0.3, -0.25) is 4.79 Å². The molecule has 164 valence electrons. The summed E-state index contributed by atoms with van der Waals surface area (Å²) in [6.45, 7) is 3.61.